The predicted molar refractivity (Wildman–Crippen MR) is 107 cm³/mol. The van der Waals surface area contributed by atoms with Crippen LogP contribution in [-0.4, -0.2) is 30.9 Å². The minimum Gasteiger partial charge on any atom is -0.322 e. The summed E-state index contributed by atoms with van der Waals surface area (Å²) < 4.78 is 27.1. The van der Waals surface area contributed by atoms with Crippen molar-refractivity contribution in [3.63, 3.8) is 0 Å². The molecule has 0 spiro atoms. The summed E-state index contributed by atoms with van der Waals surface area (Å²) >= 11 is 3.35. The fourth-order valence-corrected chi connectivity index (χ4v) is 4.78. The van der Waals surface area contributed by atoms with E-state index >= 15 is 0 Å². The van der Waals surface area contributed by atoms with Gasteiger partial charge in [0.05, 0.1) is 5.75 Å². The molecule has 1 amide bonds. The number of carbonyl (C=O) groups is 1. The van der Waals surface area contributed by atoms with Gasteiger partial charge in [-0.05, 0) is 60.4 Å². The summed E-state index contributed by atoms with van der Waals surface area (Å²) in [5, 5.41) is 2.88. The maximum absolute atomic E-state index is 12.4. The van der Waals surface area contributed by atoms with Crippen LogP contribution in [-0.2, 0) is 23.0 Å². The number of rotatable bonds is 5. The first-order valence-electron chi connectivity index (χ1n) is 8.55. The third-order valence-electron chi connectivity index (χ3n) is 4.40. The molecule has 0 bridgehead atoms. The first-order chi connectivity index (χ1) is 12.4. The number of halogens is 1. The first-order valence-corrected chi connectivity index (χ1v) is 11.0. The van der Waals surface area contributed by atoms with Crippen LogP contribution in [0.2, 0.25) is 0 Å². The van der Waals surface area contributed by atoms with Gasteiger partial charge in [0.25, 0.3) is 5.91 Å². The summed E-state index contributed by atoms with van der Waals surface area (Å²) in [6.07, 6.45) is 1.30. The lowest BCUT2D eigenvalue weighted by atomic mass is 10.0. The summed E-state index contributed by atoms with van der Waals surface area (Å²) in [7, 11) is -3.22. The molecule has 7 heteroatoms. The zero-order valence-electron chi connectivity index (χ0n) is 14.5. The highest BCUT2D eigenvalue weighted by Crippen LogP contribution is 2.25. The Morgan fingerprint density at radius 2 is 1.88 bits per heavy atom. The molecule has 1 aliphatic heterocycles. The fourth-order valence-electron chi connectivity index (χ4n) is 3.04. The van der Waals surface area contributed by atoms with Crippen molar-refractivity contribution in [1.29, 1.82) is 0 Å². The number of hydrogen-bond donors (Lipinski definition) is 1. The highest BCUT2D eigenvalue weighted by Gasteiger charge is 2.26. The summed E-state index contributed by atoms with van der Waals surface area (Å²) in [4.78, 5) is 12.4. The second kappa shape index (κ2) is 7.90. The van der Waals surface area contributed by atoms with E-state index in [9.17, 15) is 13.2 Å². The number of benzene rings is 2. The van der Waals surface area contributed by atoms with Crippen LogP contribution in [0.15, 0.2) is 46.9 Å². The topological polar surface area (TPSA) is 66.5 Å². The normalized spacial score (nSPS) is 14.7. The minimum atomic E-state index is -3.22. The molecule has 0 saturated carbocycles. The molecule has 0 aliphatic carbocycles. The molecular formula is C19H21BrN2O3S. The zero-order chi connectivity index (χ0) is 18.7. The molecule has 0 aromatic heterocycles. The van der Waals surface area contributed by atoms with Gasteiger partial charge in [-0.1, -0.05) is 28.9 Å². The quantitative estimate of drug-likeness (QED) is 0.774. The SMILES string of the molecule is CCCS(=O)(=O)N1CCc2ccc(NC(=O)c3ccc(Br)cc3)cc2C1. The molecule has 0 fully saturated rings. The predicted octanol–water partition coefficient (Wildman–Crippen LogP) is 3.80. The van der Waals surface area contributed by atoms with Gasteiger partial charge in [-0.15, -0.1) is 0 Å². The van der Waals surface area contributed by atoms with Crippen LogP contribution in [0.5, 0.6) is 0 Å². The van der Waals surface area contributed by atoms with E-state index in [0.29, 0.717) is 37.2 Å². The molecule has 5 nitrogen and oxygen atoms in total. The molecule has 0 unspecified atom stereocenters. The van der Waals surface area contributed by atoms with Crippen LogP contribution in [0.1, 0.15) is 34.8 Å². The van der Waals surface area contributed by atoms with Gasteiger partial charge in [0.2, 0.25) is 10.0 Å². The molecule has 3 rings (SSSR count). The maximum Gasteiger partial charge on any atom is 0.255 e. The van der Waals surface area contributed by atoms with E-state index in [2.05, 4.69) is 21.2 Å². The number of amides is 1. The second-order valence-electron chi connectivity index (χ2n) is 6.34. The number of hydrogen-bond acceptors (Lipinski definition) is 3. The van der Waals surface area contributed by atoms with Crippen LogP contribution in [0.3, 0.4) is 0 Å². The van der Waals surface area contributed by atoms with E-state index in [-0.39, 0.29) is 11.7 Å². The van der Waals surface area contributed by atoms with Gasteiger partial charge in [-0.25, -0.2) is 8.42 Å². The second-order valence-corrected chi connectivity index (χ2v) is 9.35. The lowest BCUT2D eigenvalue weighted by Crippen LogP contribution is -2.37. The van der Waals surface area contributed by atoms with E-state index in [1.165, 1.54) is 0 Å². The molecule has 1 N–H and O–H groups in total. The van der Waals surface area contributed by atoms with E-state index in [1.54, 1.807) is 16.4 Å². The minimum absolute atomic E-state index is 0.169. The summed E-state index contributed by atoms with van der Waals surface area (Å²) in [6.45, 7) is 2.74. The maximum atomic E-state index is 12.4. The molecule has 26 heavy (non-hydrogen) atoms. The summed E-state index contributed by atoms with van der Waals surface area (Å²) in [6, 6.07) is 12.8. The highest BCUT2D eigenvalue weighted by molar-refractivity contribution is 9.10. The number of sulfonamides is 1. The van der Waals surface area contributed by atoms with Crippen LogP contribution >= 0.6 is 15.9 Å². The number of nitrogens with one attached hydrogen (secondary N) is 1. The molecule has 1 aliphatic rings. The Morgan fingerprint density at radius 3 is 2.58 bits per heavy atom. The standard InChI is InChI=1S/C19H21BrN2O3S/c1-2-11-26(24,25)22-10-9-14-5-8-18(12-16(14)13-22)21-19(23)15-3-6-17(20)7-4-15/h3-8,12H,2,9-11,13H2,1H3,(H,21,23). The highest BCUT2D eigenvalue weighted by atomic mass is 79.9. The van der Waals surface area contributed by atoms with Crippen molar-refractivity contribution in [2.75, 3.05) is 17.6 Å². The Balaban J connectivity index is 1.76. The van der Waals surface area contributed by atoms with Gasteiger partial charge < -0.3 is 5.32 Å². The smallest absolute Gasteiger partial charge is 0.255 e. The Hall–Kier alpha value is -1.70. The summed E-state index contributed by atoms with van der Waals surface area (Å²) in [5.74, 6) is -0.0220. The van der Waals surface area contributed by atoms with Crippen molar-refractivity contribution in [1.82, 2.24) is 4.31 Å². The fraction of sp³-hybridized carbons (Fsp3) is 0.316. The monoisotopic (exact) mass is 436 g/mol. The van der Waals surface area contributed by atoms with Crippen LogP contribution in [0.4, 0.5) is 5.69 Å². The number of fused-ring (bicyclic) bond motifs is 1. The number of carbonyl (C=O) groups excluding carboxylic acids is 1. The van der Waals surface area contributed by atoms with Gasteiger partial charge in [-0.2, -0.15) is 4.31 Å². The van der Waals surface area contributed by atoms with Crippen molar-refractivity contribution < 1.29 is 13.2 Å². The summed E-state index contributed by atoms with van der Waals surface area (Å²) in [5.41, 5.74) is 3.32. The third-order valence-corrected chi connectivity index (χ3v) is 6.95. The average molecular weight is 437 g/mol. The van der Waals surface area contributed by atoms with Gasteiger partial charge in [0, 0.05) is 28.8 Å². The Morgan fingerprint density at radius 1 is 1.15 bits per heavy atom. The Labute approximate surface area is 162 Å². The molecule has 0 atom stereocenters. The molecule has 2 aromatic carbocycles. The lowest BCUT2D eigenvalue weighted by Gasteiger charge is -2.28. The Bertz CT molecular complexity index is 911. The number of anilines is 1. The van der Waals surface area contributed by atoms with Gasteiger partial charge in [0.1, 0.15) is 0 Å². The van der Waals surface area contributed by atoms with Crippen LogP contribution in [0, 0.1) is 0 Å². The van der Waals surface area contributed by atoms with Gasteiger partial charge in [-0.3, -0.25) is 4.79 Å². The van der Waals surface area contributed by atoms with Gasteiger partial charge in [0.15, 0.2) is 0 Å². The largest absolute Gasteiger partial charge is 0.322 e. The van der Waals surface area contributed by atoms with Gasteiger partial charge >= 0.3 is 0 Å². The Kier molecular flexibility index (Phi) is 5.79. The first kappa shape index (κ1) is 19.1. The molecule has 2 aromatic rings. The van der Waals surface area contributed by atoms with E-state index in [1.807, 2.05) is 37.3 Å². The zero-order valence-corrected chi connectivity index (χ0v) is 16.9. The molecule has 138 valence electrons. The average Bonchev–Trinajstić information content (AvgIpc) is 2.61. The molecule has 0 saturated heterocycles. The number of nitrogens with zero attached hydrogens (tertiary/aromatic N) is 1. The van der Waals surface area contributed by atoms with E-state index in [4.69, 9.17) is 0 Å². The third kappa shape index (κ3) is 4.34. The van der Waals surface area contributed by atoms with Crippen molar-refractivity contribution in [2.24, 2.45) is 0 Å². The van der Waals surface area contributed by atoms with Crippen LogP contribution in [0.25, 0.3) is 0 Å². The molecular weight excluding hydrogens is 416 g/mol. The van der Waals surface area contributed by atoms with Crippen molar-refractivity contribution in [2.45, 2.75) is 26.3 Å². The van der Waals surface area contributed by atoms with E-state index in [0.717, 1.165) is 15.6 Å². The van der Waals surface area contributed by atoms with Crippen molar-refractivity contribution in [3.8, 4) is 0 Å². The van der Waals surface area contributed by atoms with Crippen LogP contribution < -0.4 is 5.32 Å². The van der Waals surface area contributed by atoms with Crippen molar-refractivity contribution in [3.05, 3.63) is 63.6 Å². The lowest BCUT2D eigenvalue weighted by molar-refractivity contribution is 0.102. The molecule has 1 heterocycles. The molecule has 0 radical (unpaired) electrons. The van der Waals surface area contributed by atoms with Crippen molar-refractivity contribution >= 4 is 37.5 Å². The van der Waals surface area contributed by atoms with E-state index < -0.39 is 10.0 Å².